The molecular formula is C14H25N2O6P. The molecule has 0 unspecified atom stereocenters. The zero-order valence-corrected chi connectivity index (χ0v) is 15.3. The van der Waals surface area contributed by atoms with Gasteiger partial charge in [0.2, 0.25) is 5.75 Å². The average Bonchev–Trinajstić information content (AvgIpc) is 2.48. The minimum atomic E-state index is -3.89. The molecule has 0 aliphatic rings. The van der Waals surface area contributed by atoms with Crippen molar-refractivity contribution in [2.75, 3.05) is 20.3 Å². The third-order valence-electron chi connectivity index (χ3n) is 2.61. The molecule has 1 heterocycles. The lowest BCUT2D eigenvalue weighted by Crippen LogP contribution is -2.21. The van der Waals surface area contributed by atoms with Gasteiger partial charge in [0.15, 0.2) is 5.75 Å². The van der Waals surface area contributed by atoms with Crippen LogP contribution in [-0.2, 0) is 20.7 Å². The highest BCUT2D eigenvalue weighted by molar-refractivity contribution is 7.48. The van der Waals surface area contributed by atoms with E-state index in [0.717, 1.165) is 4.68 Å². The van der Waals surface area contributed by atoms with Crippen molar-refractivity contribution >= 4 is 7.82 Å². The number of rotatable bonds is 9. The molecule has 0 saturated heterocycles. The largest absolute Gasteiger partial charge is 0.530 e. The van der Waals surface area contributed by atoms with Gasteiger partial charge in [-0.25, -0.2) is 9.25 Å². The van der Waals surface area contributed by atoms with Crippen molar-refractivity contribution in [3.63, 3.8) is 0 Å². The first-order chi connectivity index (χ1) is 10.7. The summed E-state index contributed by atoms with van der Waals surface area (Å²) in [5.74, 6) is 0.0898. The molecule has 0 aliphatic heterocycles. The van der Waals surface area contributed by atoms with Crippen LogP contribution in [-0.4, -0.2) is 30.1 Å². The molecule has 0 saturated carbocycles. The molecule has 0 radical (unpaired) electrons. The molecule has 1 rings (SSSR count). The first kappa shape index (κ1) is 19.7. The number of phosphoric acid groups is 1. The summed E-state index contributed by atoms with van der Waals surface area (Å²) in [5, 5.41) is 3.83. The average molecular weight is 348 g/mol. The van der Waals surface area contributed by atoms with Gasteiger partial charge in [-0.05, 0) is 11.8 Å². The molecule has 132 valence electrons. The van der Waals surface area contributed by atoms with E-state index in [-0.39, 0.29) is 36.5 Å². The van der Waals surface area contributed by atoms with E-state index in [9.17, 15) is 9.36 Å². The predicted octanol–water partition coefficient (Wildman–Crippen LogP) is 2.62. The normalized spacial score (nSPS) is 12.0. The summed E-state index contributed by atoms with van der Waals surface area (Å²) in [7, 11) is -1.10. The van der Waals surface area contributed by atoms with E-state index >= 15 is 0 Å². The summed E-state index contributed by atoms with van der Waals surface area (Å²) in [6.07, 6.45) is 1.24. The van der Waals surface area contributed by atoms with Crippen molar-refractivity contribution in [2.45, 2.75) is 27.7 Å². The van der Waals surface area contributed by atoms with Gasteiger partial charge in [-0.3, -0.25) is 13.8 Å². The molecule has 0 fully saturated rings. The van der Waals surface area contributed by atoms with Crippen molar-refractivity contribution in [3.8, 4) is 11.5 Å². The van der Waals surface area contributed by atoms with Crippen LogP contribution in [0.4, 0.5) is 0 Å². The molecule has 0 aromatic carbocycles. The summed E-state index contributed by atoms with van der Waals surface area (Å²) in [4.78, 5) is 12.0. The second kappa shape index (κ2) is 8.47. The third kappa shape index (κ3) is 5.97. The van der Waals surface area contributed by atoms with Gasteiger partial charge in [-0.2, -0.15) is 5.10 Å². The van der Waals surface area contributed by atoms with Gasteiger partial charge < -0.3 is 9.26 Å². The Morgan fingerprint density at radius 1 is 1.17 bits per heavy atom. The molecular weight excluding hydrogens is 323 g/mol. The molecule has 0 spiro atoms. The second-order valence-corrected chi connectivity index (χ2v) is 7.48. The highest BCUT2D eigenvalue weighted by Crippen LogP contribution is 2.51. The van der Waals surface area contributed by atoms with Crippen LogP contribution in [0.15, 0.2) is 11.0 Å². The van der Waals surface area contributed by atoms with E-state index < -0.39 is 13.4 Å². The standard InChI is InChI=1S/C14H25N2O6P/c1-10(2)8-20-23(18,21-9-11(3)4)22-12-7-15-16(5)14(17)13(12)19-6/h7,10-11H,8-9H2,1-6H3. The van der Waals surface area contributed by atoms with E-state index in [1.165, 1.54) is 20.4 Å². The van der Waals surface area contributed by atoms with Crippen LogP contribution >= 0.6 is 7.82 Å². The summed E-state index contributed by atoms with van der Waals surface area (Å²) < 4.78 is 34.9. The Hall–Kier alpha value is -1.37. The molecule has 0 atom stereocenters. The Labute approximate surface area is 136 Å². The lowest BCUT2D eigenvalue weighted by atomic mass is 10.2. The topological polar surface area (TPSA) is 88.9 Å². The van der Waals surface area contributed by atoms with E-state index in [0.29, 0.717) is 0 Å². The smallest absolute Gasteiger partial charge is 0.488 e. The zero-order chi connectivity index (χ0) is 17.6. The molecule has 1 aromatic heterocycles. The predicted molar refractivity (Wildman–Crippen MR) is 85.8 cm³/mol. The van der Waals surface area contributed by atoms with E-state index in [1.807, 2.05) is 27.7 Å². The van der Waals surface area contributed by atoms with Crippen LogP contribution in [0.3, 0.4) is 0 Å². The lowest BCUT2D eigenvalue weighted by molar-refractivity contribution is 0.130. The minimum absolute atomic E-state index is 0.0774. The van der Waals surface area contributed by atoms with Crippen molar-refractivity contribution < 1.29 is 22.9 Å². The Morgan fingerprint density at radius 2 is 1.70 bits per heavy atom. The van der Waals surface area contributed by atoms with E-state index in [2.05, 4.69) is 5.10 Å². The van der Waals surface area contributed by atoms with Crippen LogP contribution in [0.1, 0.15) is 27.7 Å². The molecule has 8 nitrogen and oxygen atoms in total. The molecule has 23 heavy (non-hydrogen) atoms. The quantitative estimate of drug-likeness (QED) is 0.634. The lowest BCUT2D eigenvalue weighted by Gasteiger charge is -2.21. The van der Waals surface area contributed by atoms with Crippen LogP contribution < -0.4 is 14.8 Å². The van der Waals surface area contributed by atoms with Crippen LogP contribution in [0.5, 0.6) is 11.5 Å². The number of phosphoric ester groups is 1. The van der Waals surface area contributed by atoms with Gasteiger partial charge in [-0.1, -0.05) is 27.7 Å². The van der Waals surface area contributed by atoms with Gasteiger partial charge in [0.25, 0.3) is 0 Å². The summed E-state index contributed by atoms with van der Waals surface area (Å²) in [5.41, 5.74) is -0.510. The van der Waals surface area contributed by atoms with Gasteiger partial charge in [0.05, 0.1) is 26.5 Å². The van der Waals surface area contributed by atoms with Crippen LogP contribution in [0, 0.1) is 11.8 Å². The SMILES string of the molecule is COc1c(OP(=O)(OCC(C)C)OCC(C)C)cnn(C)c1=O. The maximum atomic E-state index is 12.8. The maximum absolute atomic E-state index is 12.8. The Balaban J connectivity index is 3.07. The monoisotopic (exact) mass is 348 g/mol. The number of hydrogen-bond donors (Lipinski definition) is 0. The Kier molecular flexibility index (Phi) is 7.25. The number of ether oxygens (including phenoxy) is 1. The summed E-state index contributed by atoms with van der Waals surface area (Å²) >= 11 is 0. The Morgan fingerprint density at radius 3 is 2.13 bits per heavy atom. The van der Waals surface area contributed by atoms with Crippen molar-refractivity contribution in [1.29, 1.82) is 0 Å². The fourth-order valence-corrected chi connectivity index (χ4v) is 2.96. The van der Waals surface area contributed by atoms with Gasteiger partial charge in [0, 0.05) is 7.05 Å². The number of aryl methyl sites for hydroxylation is 1. The van der Waals surface area contributed by atoms with Crippen LogP contribution in [0.25, 0.3) is 0 Å². The highest BCUT2D eigenvalue weighted by atomic mass is 31.2. The number of methoxy groups -OCH3 is 1. The number of hydrogen-bond acceptors (Lipinski definition) is 7. The van der Waals surface area contributed by atoms with E-state index in [1.54, 1.807) is 0 Å². The fourth-order valence-electron chi connectivity index (χ4n) is 1.45. The molecule has 9 heteroatoms. The molecule has 0 bridgehead atoms. The van der Waals surface area contributed by atoms with Crippen LogP contribution in [0.2, 0.25) is 0 Å². The molecule has 0 N–H and O–H groups in total. The summed E-state index contributed by atoms with van der Waals surface area (Å²) in [6.45, 7) is 8.02. The molecule has 0 aliphatic carbocycles. The van der Waals surface area contributed by atoms with E-state index in [4.69, 9.17) is 18.3 Å². The fraction of sp³-hybridized carbons (Fsp3) is 0.714. The number of aromatic nitrogens is 2. The third-order valence-corrected chi connectivity index (χ3v) is 3.96. The van der Waals surface area contributed by atoms with Gasteiger partial charge in [0.1, 0.15) is 0 Å². The van der Waals surface area contributed by atoms with Crippen molar-refractivity contribution in [3.05, 3.63) is 16.6 Å². The molecule has 1 aromatic rings. The highest BCUT2D eigenvalue weighted by Gasteiger charge is 2.31. The molecule has 0 amide bonds. The zero-order valence-electron chi connectivity index (χ0n) is 14.4. The first-order valence-electron chi connectivity index (χ1n) is 7.37. The van der Waals surface area contributed by atoms with Gasteiger partial charge >= 0.3 is 13.4 Å². The van der Waals surface area contributed by atoms with Gasteiger partial charge in [-0.15, -0.1) is 0 Å². The maximum Gasteiger partial charge on any atom is 0.530 e. The Bertz CT molecular complexity index is 598. The number of nitrogens with zero attached hydrogens (tertiary/aromatic N) is 2. The minimum Gasteiger partial charge on any atom is -0.488 e. The summed E-state index contributed by atoms with van der Waals surface area (Å²) in [6, 6.07) is 0. The first-order valence-corrected chi connectivity index (χ1v) is 8.83. The second-order valence-electron chi connectivity index (χ2n) is 5.89. The van der Waals surface area contributed by atoms with Crippen molar-refractivity contribution in [2.24, 2.45) is 18.9 Å². The van der Waals surface area contributed by atoms with Crippen molar-refractivity contribution in [1.82, 2.24) is 9.78 Å².